The Labute approximate surface area is 114 Å². The van der Waals surface area contributed by atoms with Crippen LogP contribution in [0.4, 0.5) is 0 Å². The Hall–Kier alpha value is -1.55. The number of esters is 1. The molecule has 0 bridgehead atoms. The lowest BCUT2D eigenvalue weighted by Gasteiger charge is -2.22. The molecule has 0 spiro atoms. The van der Waals surface area contributed by atoms with Gasteiger partial charge in [0, 0.05) is 0 Å². The quantitative estimate of drug-likeness (QED) is 0.828. The van der Waals surface area contributed by atoms with E-state index in [2.05, 4.69) is 5.32 Å². The van der Waals surface area contributed by atoms with Gasteiger partial charge in [-0.3, -0.25) is 0 Å². The highest BCUT2D eigenvalue weighted by atomic mass is 16.5. The first-order valence-electron chi connectivity index (χ1n) is 6.81. The standard InChI is InChI=1S/C15H21NO3/c1-18-14-6-4-13(5-7-14)15(17)19-10-8-12-3-2-9-16-11-12/h4-7,12,16H,2-3,8-11H2,1H3/t12-/m1/s1. The van der Waals surface area contributed by atoms with Crippen molar-refractivity contribution in [2.75, 3.05) is 26.8 Å². The maximum atomic E-state index is 11.8. The summed E-state index contributed by atoms with van der Waals surface area (Å²) in [6.45, 7) is 2.65. The smallest absolute Gasteiger partial charge is 0.338 e. The molecule has 0 aromatic heterocycles. The number of piperidine rings is 1. The van der Waals surface area contributed by atoms with E-state index in [1.54, 1.807) is 31.4 Å². The Kier molecular flexibility index (Phi) is 5.21. The van der Waals surface area contributed by atoms with E-state index in [0.29, 0.717) is 18.1 Å². The fourth-order valence-corrected chi connectivity index (χ4v) is 2.30. The molecular weight excluding hydrogens is 242 g/mol. The summed E-state index contributed by atoms with van der Waals surface area (Å²) >= 11 is 0. The topological polar surface area (TPSA) is 47.6 Å². The minimum absolute atomic E-state index is 0.258. The summed E-state index contributed by atoms with van der Waals surface area (Å²) in [5.41, 5.74) is 0.572. The molecule has 0 amide bonds. The number of hydrogen-bond donors (Lipinski definition) is 1. The monoisotopic (exact) mass is 263 g/mol. The number of hydrogen-bond acceptors (Lipinski definition) is 4. The number of nitrogens with one attached hydrogen (secondary N) is 1. The lowest BCUT2D eigenvalue weighted by Crippen LogP contribution is -2.30. The maximum Gasteiger partial charge on any atom is 0.338 e. The van der Waals surface area contributed by atoms with Gasteiger partial charge in [0.2, 0.25) is 0 Å². The van der Waals surface area contributed by atoms with Crippen molar-refractivity contribution in [3.63, 3.8) is 0 Å². The second-order valence-electron chi connectivity index (χ2n) is 4.87. The average Bonchev–Trinajstić information content (AvgIpc) is 2.48. The third-order valence-electron chi connectivity index (χ3n) is 3.48. The number of carbonyl (C=O) groups is 1. The molecule has 1 heterocycles. The molecule has 1 fully saturated rings. The molecular formula is C15H21NO3. The molecule has 2 rings (SSSR count). The molecule has 1 aliphatic heterocycles. The summed E-state index contributed by atoms with van der Waals surface area (Å²) in [5.74, 6) is 1.12. The lowest BCUT2D eigenvalue weighted by molar-refractivity contribution is 0.0477. The molecule has 104 valence electrons. The van der Waals surface area contributed by atoms with Crippen LogP contribution in [0.15, 0.2) is 24.3 Å². The SMILES string of the molecule is COc1ccc(C(=O)OCC[C@H]2CCCNC2)cc1. The van der Waals surface area contributed by atoms with Crippen molar-refractivity contribution in [1.29, 1.82) is 0 Å². The summed E-state index contributed by atoms with van der Waals surface area (Å²) in [6, 6.07) is 6.98. The number of benzene rings is 1. The van der Waals surface area contributed by atoms with Gasteiger partial charge in [-0.15, -0.1) is 0 Å². The van der Waals surface area contributed by atoms with Gasteiger partial charge in [-0.25, -0.2) is 4.79 Å². The minimum Gasteiger partial charge on any atom is -0.497 e. The molecule has 1 N–H and O–H groups in total. The first-order valence-corrected chi connectivity index (χ1v) is 6.81. The molecule has 4 heteroatoms. The first kappa shape index (κ1) is 13.9. The Bertz CT molecular complexity index is 396. The summed E-state index contributed by atoms with van der Waals surface area (Å²) in [6.07, 6.45) is 3.39. The van der Waals surface area contributed by atoms with E-state index in [0.717, 1.165) is 25.3 Å². The summed E-state index contributed by atoms with van der Waals surface area (Å²) in [4.78, 5) is 11.8. The van der Waals surface area contributed by atoms with Crippen LogP contribution in [0.2, 0.25) is 0 Å². The van der Waals surface area contributed by atoms with E-state index in [-0.39, 0.29) is 5.97 Å². The van der Waals surface area contributed by atoms with E-state index in [1.165, 1.54) is 12.8 Å². The first-order chi connectivity index (χ1) is 9.29. The van der Waals surface area contributed by atoms with Crippen LogP contribution in [-0.4, -0.2) is 32.8 Å². The third-order valence-corrected chi connectivity index (χ3v) is 3.48. The molecule has 0 aliphatic carbocycles. The highest BCUT2D eigenvalue weighted by Gasteiger charge is 2.14. The van der Waals surface area contributed by atoms with Crippen molar-refractivity contribution in [2.45, 2.75) is 19.3 Å². The number of carbonyl (C=O) groups excluding carboxylic acids is 1. The van der Waals surface area contributed by atoms with Gasteiger partial charge in [0.05, 0.1) is 19.3 Å². The molecule has 0 saturated carbocycles. The zero-order chi connectivity index (χ0) is 13.5. The van der Waals surface area contributed by atoms with Crippen molar-refractivity contribution in [3.05, 3.63) is 29.8 Å². The normalized spacial score (nSPS) is 18.9. The van der Waals surface area contributed by atoms with Gasteiger partial charge < -0.3 is 14.8 Å². The van der Waals surface area contributed by atoms with Gasteiger partial charge in [0.15, 0.2) is 0 Å². The van der Waals surface area contributed by atoms with Crippen molar-refractivity contribution in [3.8, 4) is 5.75 Å². The summed E-state index contributed by atoms with van der Waals surface area (Å²) in [5, 5.41) is 3.36. The van der Waals surface area contributed by atoms with E-state index in [1.807, 2.05) is 0 Å². The molecule has 1 aromatic carbocycles. The Balaban J connectivity index is 1.73. The van der Waals surface area contributed by atoms with Crippen LogP contribution in [0.25, 0.3) is 0 Å². The number of methoxy groups -OCH3 is 1. The van der Waals surface area contributed by atoms with E-state index in [4.69, 9.17) is 9.47 Å². The molecule has 1 atom stereocenters. The number of rotatable bonds is 5. The van der Waals surface area contributed by atoms with Gasteiger partial charge in [-0.2, -0.15) is 0 Å². The van der Waals surface area contributed by atoms with Crippen molar-refractivity contribution < 1.29 is 14.3 Å². The molecule has 1 saturated heterocycles. The second kappa shape index (κ2) is 7.14. The molecule has 0 unspecified atom stereocenters. The van der Waals surface area contributed by atoms with Crippen LogP contribution in [0.1, 0.15) is 29.6 Å². The van der Waals surface area contributed by atoms with Crippen molar-refractivity contribution in [1.82, 2.24) is 5.32 Å². The molecule has 1 aliphatic rings. The van der Waals surface area contributed by atoms with Gasteiger partial charge >= 0.3 is 5.97 Å². The van der Waals surface area contributed by atoms with Crippen LogP contribution >= 0.6 is 0 Å². The van der Waals surface area contributed by atoms with Gasteiger partial charge in [-0.1, -0.05) is 0 Å². The highest BCUT2D eigenvalue weighted by molar-refractivity contribution is 5.89. The van der Waals surface area contributed by atoms with Crippen molar-refractivity contribution >= 4 is 5.97 Å². The molecule has 1 aromatic rings. The van der Waals surface area contributed by atoms with E-state index < -0.39 is 0 Å². The molecule has 0 radical (unpaired) electrons. The van der Waals surface area contributed by atoms with Crippen LogP contribution in [0.5, 0.6) is 5.75 Å². The summed E-state index contributed by atoms with van der Waals surface area (Å²) in [7, 11) is 1.60. The second-order valence-corrected chi connectivity index (χ2v) is 4.87. The maximum absolute atomic E-state index is 11.8. The Morgan fingerprint density at radius 2 is 2.16 bits per heavy atom. The van der Waals surface area contributed by atoms with Crippen LogP contribution in [0.3, 0.4) is 0 Å². The predicted octanol–water partition coefficient (Wildman–Crippen LogP) is 2.24. The third kappa shape index (κ3) is 4.24. The van der Waals surface area contributed by atoms with Crippen LogP contribution < -0.4 is 10.1 Å². The predicted molar refractivity (Wildman–Crippen MR) is 73.5 cm³/mol. The zero-order valence-corrected chi connectivity index (χ0v) is 11.4. The van der Waals surface area contributed by atoms with E-state index >= 15 is 0 Å². The zero-order valence-electron chi connectivity index (χ0n) is 11.4. The van der Waals surface area contributed by atoms with Crippen LogP contribution in [0, 0.1) is 5.92 Å². The number of ether oxygens (including phenoxy) is 2. The van der Waals surface area contributed by atoms with Crippen molar-refractivity contribution in [2.24, 2.45) is 5.92 Å². The minimum atomic E-state index is -0.258. The largest absolute Gasteiger partial charge is 0.497 e. The summed E-state index contributed by atoms with van der Waals surface area (Å²) < 4.78 is 10.3. The fourth-order valence-electron chi connectivity index (χ4n) is 2.30. The lowest BCUT2D eigenvalue weighted by atomic mass is 9.97. The molecule has 4 nitrogen and oxygen atoms in total. The Morgan fingerprint density at radius 1 is 1.37 bits per heavy atom. The van der Waals surface area contributed by atoms with Crippen LogP contribution in [-0.2, 0) is 4.74 Å². The van der Waals surface area contributed by atoms with E-state index in [9.17, 15) is 4.79 Å². The average molecular weight is 263 g/mol. The van der Waals surface area contributed by atoms with Gasteiger partial charge in [0.1, 0.15) is 5.75 Å². The van der Waals surface area contributed by atoms with Gasteiger partial charge in [0.25, 0.3) is 0 Å². The molecule has 19 heavy (non-hydrogen) atoms. The van der Waals surface area contributed by atoms with Gasteiger partial charge in [-0.05, 0) is 62.5 Å². The Morgan fingerprint density at radius 3 is 2.79 bits per heavy atom. The fraction of sp³-hybridized carbons (Fsp3) is 0.533. The highest BCUT2D eigenvalue weighted by Crippen LogP contribution is 2.15.